The maximum absolute atomic E-state index is 12.9. The van der Waals surface area contributed by atoms with Gasteiger partial charge in [0.2, 0.25) is 0 Å². The molecule has 0 bridgehead atoms. The first-order chi connectivity index (χ1) is 17.7. The molecule has 0 aliphatic rings. The summed E-state index contributed by atoms with van der Waals surface area (Å²) in [4.78, 5) is 18.2. The van der Waals surface area contributed by atoms with Gasteiger partial charge in [0.05, 0.1) is 20.2 Å². The van der Waals surface area contributed by atoms with Gasteiger partial charge in [0, 0.05) is 29.6 Å². The molecule has 2 heterocycles. The van der Waals surface area contributed by atoms with E-state index in [0.29, 0.717) is 25.2 Å². The molecule has 36 heavy (non-hydrogen) atoms. The van der Waals surface area contributed by atoms with Gasteiger partial charge < -0.3 is 9.72 Å². The van der Waals surface area contributed by atoms with Gasteiger partial charge in [-0.05, 0) is 52.2 Å². The van der Waals surface area contributed by atoms with Crippen LogP contribution in [0.2, 0.25) is 0 Å². The molecular formula is C28H28N6O2. The van der Waals surface area contributed by atoms with Crippen molar-refractivity contribution in [2.75, 3.05) is 13.7 Å². The minimum atomic E-state index is -0.0961. The molecule has 5 rings (SSSR count). The highest BCUT2D eigenvalue weighted by atomic mass is 16.5. The second-order valence-corrected chi connectivity index (χ2v) is 8.76. The van der Waals surface area contributed by atoms with Gasteiger partial charge >= 0.3 is 0 Å². The highest BCUT2D eigenvalue weighted by Gasteiger charge is 2.16. The van der Waals surface area contributed by atoms with Gasteiger partial charge in [0.15, 0.2) is 5.82 Å². The van der Waals surface area contributed by atoms with Crippen molar-refractivity contribution < 1.29 is 4.74 Å². The van der Waals surface area contributed by atoms with Crippen LogP contribution in [0.15, 0.2) is 89.7 Å². The Bertz CT molecular complexity index is 1480. The zero-order chi connectivity index (χ0) is 24.7. The summed E-state index contributed by atoms with van der Waals surface area (Å²) in [5, 5.41) is 13.4. The van der Waals surface area contributed by atoms with Crippen LogP contribution in [0, 0.1) is 0 Å². The average molecular weight is 481 g/mol. The topological polar surface area (TPSA) is 88.9 Å². The molecule has 0 aliphatic heterocycles. The van der Waals surface area contributed by atoms with Crippen LogP contribution in [-0.2, 0) is 26.1 Å². The van der Waals surface area contributed by atoms with Gasteiger partial charge in [0.1, 0.15) is 5.75 Å². The van der Waals surface area contributed by atoms with E-state index >= 15 is 0 Å². The monoisotopic (exact) mass is 480 g/mol. The first kappa shape index (κ1) is 23.4. The van der Waals surface area contributed by atoms with Gasteiger partial charge in [-0.2, -0.15) is 0 Å². The molecule has 182 valence electrons. The lowest BCUT2D eigenvalue weighted by molar-refractivity contribution is 0.248. The number of rotatable bonds is 10. The second kappa shape index (κ2) is 11.0. The van der Waals surface area contributed by atoms with Crippen molar-refractivity contribution in [2.24, 2.45) is 0 Å². The smallest absolute Gasteiger partial charge is 0.252 e. The number of benzene rings is 3. The fourth-order valence-corrected chi connectivity index (χ4v) is 4.28. The van der Waals surface area contributed by atoms with Crippen LogP contribution in [0.25, 0.3) is 10.9 Å². The SMILES string of the molecule is COc1ccc2[nH]c(=O)c(CN(CCc3ccccc3)Cc3nnnn3Cc3ccccc3)cc2c1. The van der Waals surface area contributed by atoms with Crippen molar-refractivity contribution >= 4 is 10.9 Å². The molecule has 8 heteroatoms. The third-order valence-electron chi connectivity index (χ3n) is 6.23. The van der Waals surface area contributed by atoms with Gasteiger partial charge in [-0.1, -0.05) is 60.7 Å². The lowest BCUT2D eigenvalue weighted by Crippen LogP contribution is -2.30. The van der Waals surface area contributed by atoms with Crippen molar-refractivity contribution in [2.45, 2.75) is 26.1 Å². The first-order valence-corrected chi connectivity index (χ1v) is 11.9. The van der Waals surface area contributed by atoms with E-state index in [9.17, 15) is 4.79 Å². The average Bonchev–Trinajstić information content (AvgIpc) is 3.34. The van der Waals surface area contributed by atoms with Crippen LogP contribution < -0.4 is 10.3 Å². The molecule has 2 aromatic heterocycles. The van der Waals surface area contributed by atoms with Gasteiger partial charge in [-0.15, -0.1) is 5.10 Å². The first-order valence-electron chi connectivity index (χ1n) is 11.9. The Labute approximate surface area is 209 Å². The molecule has 8 nitrogen and oxygen atoms in total. The number of tetrazole rings is 1. The molecule has 0 aliphatic carbocycles. The van der Waals surface area contributed by atoms with Crippen molar-refractivity contribution in [3.05, 3.63) is 118 Å². The van der Waals surface area contributed by atoms with Gasteiger partial charge in [0.25, 0.3) is 5.56 Å². The Morgan fingerprint density at radius 1 is 0.917 bits per heavy atom. The summed E-state index contributed by atoms with van der Waals surface area (Å²) in [6.07, 6.45) is 0.848. The number of pyridine rings is 1. The maximum Gasteiger partial charge on any atom is 0.252 e. The van der Waals surface area contributed by atoms with Crippen LogP contribution in [0.5, 0.6) is 5.75 Å². The van der Waals surface area contributed by atoms with Crippen LogP contribution >= 0.6 is 0 Å². The summed E-state index contributed by atoms with van der Waals surface area (Å²) in [7, 11) is 1.64. The molecule has 0 radical (unpaired) electrons. The van der Waals surface area contributed by atoms with E-state index in [1.807, 2.05) is 65.3 Å². The van der Waals surface area contributed by atoms with Crippen LogP contribution in [0.4, 0.5) is 0 Å². The van der Waals surface area contributed by atoms with E-state index in [4.69, 9.17) is 4.74 Å². The van der Waals surface area contributed by atoms with Crippen molar-refractivity contribution in [3.63, 3.8) is 0 Å². The largest absolute Gasteiger partial charge is 0.497 e. The maximum atomic E-state index is 12.9. The predicted molar refractivity (Wildman–Crippen MR) is 139 cm³/mol. The number of hydrogen-bond acceptors (Lipinski definition) is 6. The van der Waals surface area contributed by atoms with Gasteiger partial charge in [-0.25, -0.2) is 4.68 Å². The lowest BCUT2D eigenvalue weighted by Gasteiger charge is -2.22. The molecule has 0 saturated heterocycles. The third kappa shape index (κ3) is 5.67. The van der Waals surface area contributed by atoms with E-state index in [0.717, 1.165) is 41.0 Å². The van der Waals surface area contributed by atoms with E-state index in [1.165, 1.54) is 5.56 Å². The summed E-state index contributed by atoms with van der Waals surface area (Å²) in [5.41, 5.74) is 3.74. The zero-order valence-electron chi connectivity index (χ0n) is 20.2. The molecule has 1 N–H and O–H groups in total. The second-order valence-electron chi connectivity index (χ2n) is 8.76. The van der Waals surface area contributed by atoms with Gasteiger partial charge in [-0.3, -0.25) is 9.69 Å². The standard InChI is InChI=1S/C28H28N6O2/c1-36-25-12-13-26-23(17-25)16-24(28(35)29-26)19-33(15-14-21-8-4-2-5-9-21)20-27-30-31-32-34(27)18-22-10-6-3-7-11-22/h2-13,16-17H,14-15,18-20H2,1H3,(H,29,35). The molecule has 0 saturated carbocycles. The molecule has 3 aromatic carbocycles. The summed E-state index contributed by atoms with van der Waals surface area (Å²) in [5.74, 6) is 1.51. The van der Waals surface area contributed by atoms with Crippen LogP contribution in [0.3, 0.4) is 0 Å². The van der Waals surface area contributed by atoms with Crippen molar-refractivity contribution in [1.82, 2.24) is 30.1 Å². The molecule has 0 atom stereocenters. The number of methoxy groups -OCH3 is 1. The Kier molecular flexibility index (Phi) is 7.14. The zero-order valence-corrected chi connectivity index (χ0v) is 20.2. The lowest BCUT2D eigenvalue weighted by atomic mass is 10.1. The van der Waals surface area contributed by atoms with Crippen LogP contribution in [-0.4, -0.2) is 43.7 Å². The van der Waals surface area contributed by atoms with E-state index in [2.05, 4.69) is 49.7 Å². The summed E-state index contributed by atoms with van der Waals surface area (Å²) >= 11 is 0. The minimum absolute atomic E-state index is 0.0961. The number of fused-ring (bicyclic) bond motifs is 1. The normalized spacial score (nSPS) is 11.3. The third-order valence-corrected chi connectivity index (χ3v) is 6.23. The fourth-order valence-electron chi connectivity index (χ4n) is 4.28. The predicted octanol–water partition coefficient (Wildman–Crippen LogP) is 3.82. The number of nitrogens with one attached hydrogen (secondary N) is 1. The van der Waals surface area contributed by atoms with E-state index in [-0.39, 0.29) is 5.56 Å². The molecule has 0 amide bonds. The molecule has 0 fully saturated rings. The highest BCUT2D eigenvalue weighted by molar-refractivity contribution is 5.80. The number of nitrogens with zero attached hydrogens (tertiary/aromatic N) is 5. The summed E-state index contributed by atoms with van der Waals surface area (Å²) < 4.78 is 7.19. The Balaban J connectivity index is 1.41. The molecule has 5 aromatic rings. The van der Waals surface area contributed by atoms with E-state index < -0.39 is 0 Å². The quantitative estimate of drug-likeness (QED) is 0.327. The number of aromatic nitrogens is 5. The Morgan fingerprint density at radius 3 is 2.42 bits per heavy atom. The molecule has 0 unspecified atom stereocenters. The summed E-state index contributed by atoms with van der Waals surface area (Å²) in [6.45, 7) is 2.32. The Hall–Kier alpha value is -4.30. The number of hydrogen-bond donors (Lipinski definition) is 1. The molecule has 0 spiro atoms. The number of aromatic amines is 1. The number of ether oxygens (including phenoxy) is 1. The van der Waals surface area contributed by atoms with Crippen LogP contribution in [0.1, 0.15) is 22.5 Å². The highest BCUT2D eigenvalue weighted by Crippen LogP contribution is 2.20. The van der Waals surface area contributed by atoms with Crippen molar-refractivity contribution in [3.8, 4) is 5.75 Å². The van der Waals surface area contributed by atoms with Crippen molar-refractivity contribution in [1.29, 1.82) is 0 Å². The summed E-state index contributed by atoms with van der Waals surface area (Å²) in [6, 6.07) is 28.0. The minimum Gasteiger partial charge on any atom is -0.497 e. The Morgan fingerprint density at radius 2 is 1.67 bits per heavy atom. The fraction of sp³-hybridized carbons (Fsp3) is 0.214. The van der Waals surface area contributed by atoms with E-state index in [1.54, 1.807) is 7.11 Å². The number of H-pyrrole nitrogens is 1. The molecular weight excluding hydrogens is 452 g/mol.